The Labute approximate surface area is 150 Å². The molecule has 0 radical (unpaired) electrons. The van der Waals surface area contributed by atoms with E-state index in [0.717, 1.165) is 41.7 Å². The molecule has 25 heavy (non-hydrogen) atoms. The smallest absolute Gasteiger partial charge is 0.259 e. The molecule has 0 saturated carbocycles. The van der Waals surface area contributed by atoms with E-state index < -0.39 is 0 Å². The van der Waals surface area contributed by atoms with Crippen LogP contribution in [0.1, 0.15) is 41.6 Å². The van der Waals surface area contributed by atoms with Crippen molar-refractivity contribution in [3.63, 3.8) is 0 Å². The minimum atomic E-state index is 0.0392. The van der Waals surface area contributed by atoms with Gasteiger partial charge in [-0.2, -0.15) is 0 Å². The molecule has 1 aliphatic heterocycles. The lowest BCUT2D eigenvalue weighted by Gasteiger charge is -2.36. The van der Waals surface area contributed by atoms with Crippen molar-refractivity contribution in [2.45, 2.75) is 51.6 Å². The molecule has 4 nitrogen and oxygen atoms in total. The zero-order chi connectivity index (χ0) is 17.0. The molecule has 0 saturated heterocycles. The SMILES string of the molecule is C[C@@H]1CCc2ccccc2N1Cc1nc2sc3c(c2c(=O)[nH]1)CCC3. The normalized spacial score (nSPS) is 19.2. The summed E-state index contributed by atoms with van der Waals surface area (Å²) in [5.41, 5.74) is 3.95. The van der Waals surface area contributed by atoms with Gasteiger partial charge in [-0.3, -0.25) is 4.79 Å². The number of nitrogens with one attached hydrogen (secondary N) is 1. The number of para-hydroxylation sites is 1. The summed E-state index contributed by atoms with van der Waals surface area (Å²) in [6.07, 6.45) is 5.54. The Kier molecular flexibility index (Phi) is 3.45. The van der Waals surface area contributed by atoms with Crippen LogP contribution in [0.3, 0.4) is 0 Å². The molecule has 1 aromatic carbocycles. The Morgan fingerprint density at radius 1 is 1.28 bits per heavy atom. The maximum Gasteiger partial charge on any atom is 0.259 e. The molecular formula is C20H21N3OS. The van der Waals surface area contributed by atoms with Gasteiger partial charge in [-0.1, -0.05) is 18.2 Å². The summed E-state index contributed by atoms with van der Waals surface area (Å²) >= 11 is 1.71. The van der Waals surface area contributed by atoms with E-state index in [0.29, 0.717) is 12.6 Å². The summed E-state index contributed by atoms with van der Waals surface area (Å²) in [6, 6.07) is 9.03. The first kappa shape index (κ1) is 15.1. The van der Waals surface area contributed by atoms with Gasteiger partial charge in [-0.05, 0) is 56.2 Å². The molecule has 1 atom stereocenters. The largest absolute Gasteiger partial charge is 0.361 e. The third-order valence-electron chi connectivity index (χ3n) is 5.61. The Morgan fingerprint density at radius 2 is 2.16 bits per heavy atom. The van der Waals surface area contributed by atoms with E-state index in [2.05, 4.69) is 41.1 Å². The van der Waals surface area contributed by atoms with Crippen LogP contribution in [0.25, 0.3) is 10.2 Å². The Morgan fingerprint density at radius 3 is 3.08 bits per heavy atom. The van der Waals surface area contributed by atoms with Gasteiger partial charge >= 0.3 is 0 Å². The van der Waals surface area contributed by atoms with Crippen LogP contribution in [0, 0.1) is 0 Å². The first-order chi connectivity index (χ1) is 12.2. The van der Waals surface area contributed by atoms with Crippen molar-refractivity contribution in [3.05, 3.63) is 56.4 Å². The summed E-state index contributed by atoms with van der Waals surface area (Å²) in [6.45, 7) is 2.91. The van der Waals surface area contributed by atoms with E-state index in [1.54, 1.807) is 11.3 Å². The molecule has 2 aliphatic rings. The molecule has 3 aromatic rings. The predicted molar refractivity (Wildman–Crippen MR) is 103 cm³/mol. The third kappa shape index (κ3) is 2.41. The quantitative estimate of drug-likeness (QED) is 0.764. The number of anilines is 1. The number of hydrogen-bond donors (Lipinski definition) is 1. The molecule has 0 bridgehead atoms. The van der Waals surface area contributed by atoms with Gasteiger partial charge in [0, 0.05) is 16.6 Å². The maximum atomic E-state index is 12.7. The first-order valence-corrected chi connectivity index (χ1v) is 9.90. The second kappa shape index (κ2) is 5.70. The fourth-order valence-electron chi connectivity index (χ4n) is 4.28. The maximum absolute atomic E-state index is 12.7. The zero-order valence-electron chi connectivity index (χ0n) is 14.3. The summed E-state index contributed by atoms with van der Waals surface area (Å²) in [5, 5.41) is 0.841. The number of thiophene rings is 1. The predicted octanol–water partition coefficient (Wildman–Crippen LogP) is 3.81. The summed E-state index contributed by atoms with van der Waals surface area (Å²) in [4.78, 5) is 25.2. The van der Waals surface area contributed by atoms with Crippen LogP contribution >= 0.6 is 11.3 Å². The van der Waals surface area contributed by atoms with E-state index in [1.807, 2.05) is 0 Å². The van der Waals surface area contributed by atoms with E-state index in [4.69, 9.17) is 4.98 Å². The van der Waals surface area contributed by atoms with Gasteiger partial charge < -0.3 is 9.88 Å². The highest BCUT2D eigenvalue weighted by Gasteiger charge is 2.25. The van der Waals surface area contributed by atoms with E-state index in [-0.39, 0.29) is 5.56 Å². The number of benzene rings is 1. The number of rotatable bonds is 2. The van der Waals surface area contributed by atoms with Gasteiger partial charge in [0.15, 0.2) is 0 Å². The topological polar surface area (TPSA) is 49.0 Å². The number of hydrogen-bond acceptors (Lipinski definition) is 4. The number of H-pyrrole nitrogens is 1. The van der Waals surface area contributed by atoms with Gasteiger partial charge in [0.05, 0.1) is 11.9 Å². The van der Waals surface area contributed by atoms with E-state index in [1.165, 1.54) is 28.1 Å². The van der Waals surface area contributed by atoms with Gasteiger partial charge in [0.25, 0.3) is 5.56 Å². The molecule has 0 amide bonds. The number of aromatic amines is 1. The second-order valence-electron chi connectivity index (χ2n) is 7.19. The summed E-state index contributed by atoms with van der Waals surface area (Å²) < 4.78 is 0. The highest BCUT2D eigenvalue weighted by molar-refractivity contribution is 7.18. The van der Waals surface area contributed by atoms with Crippen molar-refractivity contribution in [2.75, 3.05) is 4.90 Å². The number of aromatic nitrogens is 2. The summed E-state index contributed by atoms with van der Waals surface area (Å²) in [5.74, 6) is 0.779. The van der Waals surface area contributed by atoms with Crippen LogP contribution < -0.4 is 10.5 Å². The highest BCUT2D eigenvalue weighted by atomic mass is 32.1. The highest BCUT2D eigenvalue weighted by Crippen LogP contribution is 2.35. The van der Waals surface area contributed by atoms with Crippen molar-refractivity contribution < 1.29 is 0 Å². The monoisotopic (exact) mass is 351 g/mol. The lowest BCUT2D eigenvalue weighted by Crippen LogP contribution is -2.37. The minimum absolute atomic E-state index is 0.0392. The van der Waals surface area contributed by atoms with Crippen molar-refractivity contribution >= 4 is 27.2 Å². The molecule has 1 aliphatic carbocycles. The second-order valence-corrected chi connectivity index (χ2v) is 8.28. The molecule has 0 fully saturated rings. The molecule has 3 heterocycles. The number of fused-ring (bicyclic) bond motifs is 4. The minimum Gasteiger partial charge on any atom is -0.361 e. The Bertz CT molecular complexity index is 1020. The van der Waals surface area contributed by atoms with Crippen molar-refractivity contribution in [3.8, 4) is 0 Å². The number of aryl methyl sites for hydroxylation is 3. The molecule has 128 valence electrons. The van der Waals surface area contributed by atoms with Crippen LogP contribution in [-0.4, -0.2) is 16.0 Å². The Hall–Kier alpha value is -2.14. The van der Waals surface area contributed by atoms with E-state index >= 15 is 0 Å². The van der Waals surface area contributed by atoms with Crippen molar-refractivity contribution in [1.82, 2.24) is 9.97 Å². The van der Waals surface area contributed by atoms with Crippen LogP contribution in [0.5, 0.6) is 0 Å². The summed E-state index contributed by atoms with van der Waals surface area (Å²) in [7, 11) is 0. The number of nitrogens with zero attached hydrogens (tertiary/aromatic N) is 2. The van der Waals surface area contributed by atoms with Crippen molar-refractivity contribution in [1.29, 1.82) is 0 Å². The van der Waals surface area contributed by atoms with Crippen LogP contribution in [0.4, 0.5) is 5.69 Å². The molecule has 2 aromatic heterocycles. The standard InChI is InChI=1S/C20H21N3OS/c1-12-9-10-13-5-2-3-7-15(13)23(12)11-17-21-19(24)18-14-6-4-8-16(14)25-20(18)22-17/h2-3,5,7,12H,4,6,8-11H2,1H3,(H,21,22,24)/t12-/m1/s1. The first-order valence-electron chi connectivity index (χ1n) is 9.08. The average molecular weight is 351 g/mol. The lowest BCUT2D eigenvalue weighted by molar-refractivity contribution is 0.552. The molecular weight excluding hydrogens is 330 g/mol. The zero-order valence-corrected chi connectivity index (χ0v) is 15.2. The van der Waals surface area contributed by atoms with Gasteiger partial charge in [-0.25, -0.2) is 4.98 Å². The average Bonchev–Trinajstić information content (AvgIpc) is 3.18. The van der Waals surface area contributed by atoms with Gasteiger partial charge in [0.1, 0.15) is 10.7 Å². The van der Waals surface area contributed by atoms with Crippen molar-refractivity contribution in [2.24, 2.45) is 0 Å². The molecule has 5 heteroatoms. The van der Waals surface area contributed by atoms with Gasteiger partial charge in [0.2, 0.25) is 0 Å². The van der Waals surface area contributed by atoms with E-state index in [9.17, 15) is 4.79 Å². The molecule has 1 N–H and O–H groups in total. The molecule has 0 unspecified atom stereocenters. The van der Waals surface area contributed by atoms with Crippen LogP contribution in [-0.2, 0) is 25.8 Å². The molecule has 5 rings (SSSR count). The van der Waals surface area contributed by atoms with Crippen LogP contribution in [0.15, 0.2) is 29.1 Å². The molecule has 0 spiro atoms. The van der Waals surface area contributed by atoms with Gasteiger partial charge in [-0.15, -0.1) is 11.3 Å². The fourth-order valence-corrected chi connectivity index (χ4v) is 5.57. The van der Waals surface area contributed by atoms with Crippen LogP contribution in [0.2, 0.25) is 0 Å². The fraction of sp³-hybridized carbons (Fsp3) is 0.400. The third-order valence-corrected chi connectivity index (χ3v) is 6.79. The Balaban J connectivity index is 1.55. The lowest BCUT2D eigenvalue weighted by atomic mass is 9.96.